The first-order valence-electron chi connectivity index (χ1n) is 4.94. The highest BCUT2D eigenvalue weighted by atomic mass is 16.3. The topological polar surface area (TPSA) is 57.0 Å². The Bertz CT molecular complexity index is 431. The van der Waals surface area contributed by atoms with E-state index in [4.69, 9.17) is 10.2 Å². The summed E-state index contributed by atoms with van der Waals surface area (Å²) in [5.74, 6) is 0. The molecule has 0 fully saturated rings. The van der Waals surface area contributed by atoms with Gasteiger partial charge in [0.15, 0.2) is 0 Å². The fourth-order valence-corrected chi connectivity index (χ4v) is 1.74. The van der Waals surface area contributed by atoms with Crippen molar-refractivity contribution in [3.63, 3.8) is 0 Å². The molecular weight excluding hydrogens is 190 g/mol. The smallest absolute Gasteiger partial charge is 0.0935 e. The van der Waals surface area contributed by atoms with Crippen LogP contribution in [0.25, 0.3) is 0 Å². The van der Waals surface area contributed by atoms with E-state index in [-0.39, 0.29) is 6.04 Å². The van der Waals surface area contributed by atoms with E-state index in [9.17, 15) is 0 Å². The molecule has 0 saturated heterocycles. The molecule has 2 aromatic rings. The fraction of sp³-hybridized carbons (Fsp3) is 0.364. The SMILES string of the molecule is Cc1cc(C(N)Cc2ccoc2)n(C)n1. The second-order valence-corrected chi connectivity index (χ2v) is 3.78. The van der Waals surface area contributed by atoms with Crippen molar-refractivity contribution in [1.82, 2.24) is 9.78 Å². The van der Waals surface area contributed by atoms with E-state index in [1.54, 1.807) is 12.5 Å². The molecule has 0 aromatic carbocycles. The Labute approximate surface area is 88.7 Å². The van der Waals surface area contributed by atoms with E-state index < -0.39 is 0 Å². The highest BCUT2D eigenvalue weighted by Gasteiger charge is 2.12. The molecule has 0 saturated carbocycles. The van der Waals surface area contributed by atoms with Gasteiger partial charge in [0.2, 0.25) is 0 Å². The van der Waals surface area contributed by atoms with E-state index in [1.807, 2.05) is 30.8 Å². The van der Waals surface area contributed by atoms with Crippen molar-refractivity contribution in [2.75, 3.05) is 0 Å². The van der Waals surface area contributed by atoms with Gasteiger partial charge in [0.05, 0.1) is 30.0 Å². The van der Waals surface area contributed by atoms with Crippen LogP contribution in [0.3, 0.4) is 0 Å². The third kappa shape index (κ3) is 2.10. The molecule has 2 N–H and O–H groups in total. The Morgan fingerprint density at radius 2 is 2.40 bits per heavy atom. The Hall–Kier alpha value is -1.55. The van der Waals surface area contributed by atoms with Gasteiger partial charge in [-0.2, -0.15) is 5.10 Å². The molecule has 1 atom stereocenters. The maximum atomic E-state index is 6.10. The summed E-state index contributed by atoms with van der Waals surface area (Å²) in [5.41, 5.74) is 9.26. The molecule has 15 heavy (non-hydrogen) atoms. The summed E-state index contributed by atoms with van der Waals surface area (Å²) in [4.78, 5) is 0. The van der Waals surface area contributed by atoms with Crippen LogP contribution in [0.5, 0.6) is 0 Å². The number of aryl methyl sites for hydroxylation is 2. The molecule has 0 bridgehead atoms. The summed E-state index contributed by atoms with van der Waals surface area (Å²) < 4.78 is 6.84. The Morgan fingerprint density at radius 1 is 1.60 bits per heavy atom. The molecule has 1 unspecified atom stereocenters. The molecular formula is C11H15N3O. The molecule has 0 aliphatic heterocycles. The van der Waals surface area contributed by atoms with Gasteiger partial charge in [-0.05, 0) is 31.0 Å². The molecule has 0 aliphatic rings. The number of hydrogen-bond acceptors (Lipinski definition) is 3. The lowest BCUT2D eigenvalue weighted by Gasteiger charge is -2.10. The number of nitrogens with two attached hydrogens (primary N) is 1. The fourth-order valence-electron chi connectivity index (χ4n) is 1.74. The molecule has 2 aromatic heterocycles. The number of furan rings is 1. The predicted molar refractivity (Wildman–Crippen MR) is 57.3 cm³/mol. The number of nitrogens with zero attached hydrogens (tertiary/aromatic N) is 2. The third-order valence-corrected chi connectivity index (χ3v) is 2.45. The van der Waals surface area contributed by atoms with E-state index in [2.05, 4.69) is 5.10 Å². The predicted octanol–water partition coefficient (Wildman–Crippen LogP) is 1.56. The van der Waals surface area contributed by atoms with Crippen LogP contribution >= 0.6 is 0 Å². The van der Waals surface area contributed by atoms with Gasteiger partial charge in [-0.25, -0.2) is 0 Å². The van der Waals surface area contributed by atoms with Gasteiger partial charge in [0.1, 0.15) is 0 Å². The molecule has 0 spiro atoms. The summed E-state index contributed by atoms with van der Waals surface area (Å²) in [7, 11) is 1.91. The summed E-state index contributed by atoms with van der Waals surface area (Å²) in [6, 6.07) is 3.92. The van der Waals surface area contributed by atoms with Crippen LogP contribution in [0, 0.1) is 6.92 Å². The lowest BCUT2D eigenvalue weighted by Crippen LogP contribution is -2.16. The minimum absolute atomic E-state index is 0.0335. The van der Waals surface area contributed by atoms with Crippen molar-refractivity contribution < 1.29 is 4.42 Å². The standard InChI is InChI=1S/C11H15N3O/c1-8-5-11(14(2)13-8)10(12)6-9-3-4-15-7-9/h3-5,7,10H,6,12H2,1-2H3. The first-order valence-corrected chi connectivity index (χ1v) is 4.94. The molecule has 0 radical (unpaired) electrons. The van der Waals surface area contributed by atoms with E-state index in [0.717, 1.165) is 23.4 Å². The van der Waals surface area contributed by atoms with Crippen LogP contribution in [-0.2, 0) is 13.5 Å². The largest absolute Gasteiger partial charge is 0.472 e. The zero-order valence-electron chi connectivity index (χ0n) is 8.97. The Kier molecular flexibility index (Phi) is 2.60. The average molecular weight is 205 g/mol. The summed E-state index contributed by atoms with van der Waals surface area (Å²) >= 11 is 0. The second-order valence-electron chi connectivity index (χ2n) is 3.78. The van der Waals surface area contributed by atoms with Crippen LogP contribution in [0.1, 0.15) is 23.0 Å². The second kappa shape index (κ2) is 3.90. The summed E-state index contributed by atoms with van der Waals surface area (Å²) in [5, 5.41) is 4.27. The van der Waals surface area contributed by atoms with Crippen LogP contribution < -0.4 is 5.73 Å². The molecule has 0 aliphatic carbocycles. The van der Waals surface area contributed by atoms with E-state index >= 15 is 0 Å². The minimum Gasteiger partial charge on any atom is -0.472 e. The van der Waals surface area contributed by atoms with E-state index in [1.165, 1.54) is 0 Å². The van der Waals surface area contributed by atoms with Gasteiger partial charge in [-0.15, -0.1) is 0 Å². The van der Waals surface area contributed by atoms with Crippen molar-refractivity contribution in [3.05, 3.63) is 41.6 Å². The highest BCUT2D eigenvalue weighted by Crippen LogP contribution is 2.16. The van der Waals surface area contributed by atoms with Gasteiger partial charge >= 0.3 is 0 Å². The molecule has 80 valence electrons. The van der Waals surface area contributed by atoms with Crippen LogP contribution in [0.4, 0.5) is 0 Å². The lowest BCUT2D eigenvalue weighted by molar-refractivity contribution is 0.558. The normalized spacial score (nSPS) is 13.0. The molecule has 4 heteroatoms. The van der Waals surface area contributed by atoms with Crippen LogP contribution in [-0.4, -0.2) is 9.78 Å². The zero-order chi connectivity index (χ0) is 10.8. The van der Waals surface area contributed by atoms with Crippen LogP contribution in [0.15, 0.2) is 29.1 Å². The minimum atomic E-state index is -0.0335. The molecule has 2 rings (SSSR count). The van der Waals surface area contributed by atoms with Crippen molar-refractivity contribution in [2.45, 2.75) is 19.4 Å². The van der Waals surface area contributed by atoms with Crippen molar-refractivity contribution in [2.24, 2.45) is 12.8 Å². The maximum absolute atomic E-state index is 6.10. The first-order chi connectivity index (χ1) is 7.16. The maximum Gasteiger partial charge on any atom is 0.0935 e. The molecule has 4 nitrogen and oxygen atoms in total. The zero-order valence-corrected chi connectivity index (χ0v) is 8.97. The first kappa shape index (κ1) is 9.98. The number of hydrogen-bond donors (Lipinski definition) is 1. The summed E-state index contributed by atoms with van der Waals surface area (Å²) in [6.45, 7) is 1.97. The van der Waals surface area contributed by atoms with Gasteiger partial charge in [-0.1, -0.05) is 0 Å². The van der Waals surface area contributed by atoms with Gasteiger partial charge in [-0.3, -0.25) is 4.68 Å². The molecule has 0 amide bonds. The van der Waals surface area contributed by atoms with Crippen LogP contribution in [0.2, 0.25) is 0 Å². The average Bonchev–Trinajstić information content (AvgIpc) is 2.75. The monoisotopic (exact) mass is 205 g/mol. The summed E-state index contributed by atoms with van der Waals surface area (Å²) in [6.07, 6.45) is 4.16. The number of aromatic nitrogens is 2. The van der Waals surface area contributed by atoms with E-state index in [0.29, 0.717) is 0 Å². The Balaban J connectivity index is 2.14. The third-order valence-electron chi connectivity index (χ3n) is 2.45. The quantitative estimate of drug-likeness (QED) is 0.827. The molecule has 2 heterocycles. The van der Waals surface area contributed by atoms with Crippen molar-refractivity contribution in [1.29, 1.82) is 0 Å². The van der Waals surface area contributed by atoms with Gasteiger partial charge in [0, 0.05) is 7.05 Å². The van der Waals surface area contributed by atoms with Crippen molar-refractivity contribution >= 4 is 0 Å². The van der Waals surface area contributed by atoms with Crippen molar-refractivity contribution in [3.8, 4) is 0 Å². The number of rotatable bonds is 3. The Morgan fingerprint density at radius 3 is 2.93 bits per heavy atom. The highest BCUT2D eigenvalue weighted by molar-refractivity contribution is 5.17. The van der Waals surface area contributed by atoms with Gasteiger partial charge < -0.3 is 10.2 Å². The van der Waals surface area contributed by atoms with Gasteiger partial charge in [0.25, 0.3) is 0 Å². The lowest BCUT2D eigenvalue weighted by atomic mass is 10.1.